The molecule has 0 fully saturated rings. The van der Waals surface area contributed by atoms with E-state index in [1.54, 1.807) is 12.0 Å². The lowest BCUT2D eigenvalue weighted by atomic mass is 10.1. The molecule has 2 rings (SSSR count). The van der Waals surface area contributed by atoms with Crippen LogP contribution in [0.5, 0.6) is 11.5 Å². The number of ether oxygens (including phenoxy) is 2. The van der Waals surface area contributed by atoms with E-state index in [2.05, 4.69) is 5.32 Å². The lowest BCUT2D eigenvalue weighted by Gasteiger charge is -2.30. The van der Waals surface area contributed by atoms with E-state index in [1.807, 2.05) is 70.2 Å². The third kappa shape index (κ3) is 7.02. The molecule has 0 bridgehead atoms. The summed E-state index contributed by atoms with van der Waals surface area (Å²) < 4.78 is 11.1. The van der Waals surface area contributed by atoms with Gasteiger partial charge in [0.2, 0.25) is 5.91 Å². The highest BCUT2D eigenvalue weighted by Crippen LogP contribution is 2.20. The van der Waals surface area contributed by atoms with Crippen LogP contribution in [0.1, 0.15) is 43.4 Å². The van der Waals surface area contributed by atoms with Crippen LogP contribution in [-0.2, 0) is 16.1 Å². The van der Waals surface area contributed by atoms with Gasteiger partial charge in [-0.25, -0.2) is 0 Å². The Hall–Kier alpha value is -3.02. The molecule has 168 valence electrons. The highest BCUT2D eigenvalue weighted by atomic mass is 16.5. The first kappa shape index (κ1) is 24.3. The van der Waals surface area contributed by atoms with Gasteiger partial charge in [0, 0.05) is 13.1 Å². The van der Waals surface area contributed by atoms with Crippen molar-refractivity contribution < 1.29 is 19.1 Å². The maximum Gasteiger partial charge on any atom is 0.261 e. The van der Waals surface area contributed by atoms with Crippen molar-refractivity contribution in [3.63, 3.8) is 0 Å². The molecule has 0 aliphatic rings. The van der Waals surface area contributed by atoms with Crippen LogP contribution in [0.2, 0.25) is 0 Å². The monoisotopic (exact) mass is 426 g/mol. The summed E-state index contributed by atoms with van der Waals surface area (Å²) in [6.45, 7) is 8.61. The van der Waals surface area contributed by atoms with Crippen LogP contribution in [0, 0.1) is 13.8 Å². The molecule has 0 saturated heterocycles. The van der Waals surface area contributed by atoms with Crippen LogP contribution >= 0.6 is 0 Å². The second-order valence-corrected chi connectivity index (χ2v) is 7.65. The number of rotatable bonds is 11. The van der Waals surface area contributed by atoms with Crippen molar-refractivity contribution in [1.82, 2.24) is 10.2 Å². The molecule has 0 aliphatic heterocycles. The van der Waals surface area contributed by atoms with Crippen LogP contribution in [0.4, 0.5) is 0 Å². The van der Waals surface area contributed by atoms with Crippen LogP contribution in [0.15, 0.2) is 42.5 Å². The van der Waals surface area contributed by atoms with Crippen molar-refractivity contribution in [2.75, 3.05) is 20.3 Å². The Kier molecular flexibility index (Phi) is 9.38. The molecular weight excluding hydrogens is 392 g/mol. The fraction of sp³-hybridized carbons (Fsp3) is 0.440. The standard InChI is InChI=1S/C25H34N2O4/c1-6-13-26-25(29)22(7-2)27(16-20-9-8-10-21(15-20)30-5)24(28)17-31-23-12-11-18(3)14-19(23)4/h8-12,14-15,22H,6-7,13,16-17H2,1-5H3,(H,26,29)/t22-/m1/s1. The molecular formula is C25H34N2O4. The predicted octanol–water partition coefficient (Wildman–Crippen LogP) is 4.02. The molecule has 2 amide bonds. The summed E-state index contributed by atoms with van der Waals surface area (Å²) >= 11 is 0. The number of carbonyl (C=O) groups is 2. The maximum atomic E-state index is 13.2. The number of nitrogens with zero attached hydrogens (tertiary/aromatic N) is 1. The second kappa shape index (κ2) is 12.0. The van der Waals surface area contributed by atoms with E-state index in [9.17, 15) is 9.59 Å². The largest absolute Gasteiger partial charge is 0.497 e. The van der Waals surface area contributed by atoms with Gasteiger partial charge in [-0.3, -0.25) is 9.59 Å². The Morgan fingerprint density at radius 1 is 1.10 bits per heavy atom. The third-order valence-corrected chi connectivity index (χ3v) is 5.10. The minimum absolute atomic E-state index is 0.134. The number of benzene rings is 2. The Labute approximate surface area is 185 Å². The average molecular weight is 427 g/mol. The first-order chi connectivity index (χ1) is 14.9. The van der Waals surface area contributed by atoms with Crippen molar-refractivity contribution in [3.8, 4) is 11.5 Å². The minimum Gasteiger partial charge on any atom is -0.497 e. The van der Waals surface area contributed by atoms with Crippen molar-refractivity contribution in [1.29, 1.82) is 0 Å². The summed E-state index contributed by atoms with van der Waals surface area (Å²) in [7, 11) is 1.60. The van der Waals surface area contributed by atoms with Crippen LogP contribution < -0.4 is 14.8 Å². The number of hydrogen-bond donors (Lipinski definition) is 1. The Balaban J connectivity index is 2.23. The zero-order valence-electron chi connectivity index (χ0n) is 19.2. The van der Waals surface area contributed by atoms with Crippen molar-refractivity contribution >= 4 is 11.8 Å². The third-order valence-electron chi connectivity index (χ3n) is 5.10. The van der Waals surface area contributed by atoms with Gasteiger partial charge in [-0.1, -0.05) is 43.7 Å². The minimum atomic E-state index is -0.576. The molecule has 2 aromatic carbocycles. The zero-order chi connectivity index (χ0) is 22.8. The molecule has 0 aromatic heterocycles. The van der Waals surface area contributed by atoms with Gasteiger partial charge in [-0.05, 0) is 56.0 Å². The number of nitrogens with one attached hydrogen (secondary N) is 1. The van der Waals surface area contributed by atoms with E-state index >= 15 is 0 Å². The normalized spacial score (nSPS) is 11.5. The van der Waals surface area contributed by atoms with E-state index in [4.69, 9.17) is 9.47 Å². The molecule has 6 heteroatoms. The Morgan fingerprint density at radius 3 is 2.52 bits per heavy atom. The molecule has 6 nitrogen and oxygen atoms in total. The lowest BCUT2D eigenvalue weighted by Crippen LogP contribution is -2.50. The van der Waals surface area contributed by atoms with Crippen molar-refractivity contribution in [2.45, 2.75) is 53.1 Å². The molecule has 2 aromatic rings. The van der Waals surface area contributed by atoms with Gasteiger partial charge < -0.3 is 19.7 Å². The summed E-state index contributed by atoms with van der Waals surface area (Å²) in [6.07, 6.45) is 1.34. The molecule has 0 unspecified atom stereocenters. The van der Waals surface area contributed by atoms with E-state index in [0.29, 0.717) is 31.0 Å². The number of amides is 2. The highest BCUT2D eigenvalue weighted by molar-refractivity contribution is 5.88. The van der Waals surface area contributed by atoms with E-state index < -0.39 is 6.04 Å². The number of methoxy groups -OCH3 is 1. The SMILES string of the molecule is CCCNC(=O)[C@@H](CC)N(Cc1cccc(OC)c1)C(=O)COc1ccc(C)cc1C. The number of hydrogen-bond acceptors (Lipinski definition) is 4. The van der Waals surface area contributed by atoms with Gasteiger partial charge in [0.15, 0.2) is 6.61 Å². The van der Waals surface area contributed by atoms with Gasteiger partial charge in [-0.2, -0.15) is 0 Å². The molecule has 0 radical (unpaired) electrons. The predicted molar refractivity (Wildman–Crippen MR) is 122 cm³/mol. The average Bonchev–Trinajstić information content (AvgIpc) is 2.76. The quantitative estimate of drug-likeness (QED) is 0.589. The summed E-state index contributed by atoms with van der Waals surface area (Å²) in [5.74, 6) is 0.997. The van der Waals surface area contributed by atoms with E-state index in [-0.39, 0.29) is 18.4 Å². The van der Waals surface area contributed by atoms with Gasteiger partial charge in [0.05, 0.1) is 7.11 Å². The molecule has 1 atom stereocenters. The van der Waals surface area contributed by atoms with Crippen molar-refractivity contribution in [2.24, 2.45) is 0 Å². The number of aryl methyl sites for hydroxylation is 2. The van der Waals surface area contributed by atoms with Crippen LogP contribution in [0.3, 0.4) is 0 Å². The fourth-order valence-electron chi connectivity index (χ4n) is 3.44. The number of carbonyl (C=O) groups excluding carboxylic acids is 2. The van der Waals surface area contributed by atoms with Crippen LogP contribution in [-0.4, -0.2) is 43.0 Å². The summed E-state index contributed by atoms with van der Waals surface area (Å²) in [5.41, 5.74) is 3.00. The van der Waals surface area contributed by atoms with Gasteiger partial charge in [-0.15, -0.1) is 0 Å². The van der Waals surface area contributed by atoms with Crippen LogP contribution in [0.25, 0.3) is 0 Å². The molecule has 0 saturated carbocycles. The molecule has 0 heterocycles. The first-order valence-corrected chi connectivity index (χ1v) is 10.8. The Bertz CT molecular complexity index is 882. The molecule has 0 aliphatic carbocycles. The molecule has 1 N–H and O–H groups in total. The zero-order valence-corrected chi connectivity index (χ0v) is 19.2. The second-order valence-electron chi connectivity index (χ2n) is 7.65. The fourth-order valence-corrected chi connectivity index (χ4v) is 3.44. The van der Waals surface area contributed by atoms with Crippen molar-refractivity contribution in [3.05, 3.63) is 59.2 Å². The van der Waals surface area contributed by atoms with Gasteiger partial charge in [0.25, 0.3) is 5.91 Å². The van der Waals surface area contributed by atoms with E-state index in [0.717, 1.165) is 23.1 Å². The summed E-state index contributed by atoms with van der Waals surface area (Å²) in [5, 5.41) is 2.92. The van der Waals surface area contributed by atoms with Gasteiger partial charge in [0.1, 0.15) is 17.5 Å². The van der Waals surface area contributed by atoms with E-state index in [1.165, 1.54) is 0 Å². The first-order valence-electron chi connectivity index (χ1n) is 10.8. The summed E-state index contributed by atoms with van der Waals surface area (Å²) in [4.78, 5) is 27.6. The van der Waals surface area contributed by atoms with Gasteiger partial charge >= 0.3 is 0 Å². The summed E-state index contributed by atoms with van der Waals surface area (Å²) in [6, 6.07) is 12.8. The Morgan fingerprint density at radius 2 is 1.87 bits per heavy atom. The molecule has 0 spiro atoms. The smallest absolute Gasteiger partial charge is 0.261 e. The molecule has 31 heavy (non-hydrogen) atoms. The maximum absolute atomic E-state index is 13.2. The lowest BCUT2D eigenvalue weighted by molar-refractivity contribution is -0.143. The topological polar surface area (TPSA) is 67.9 Å². The highest BCUT2D eigenvalue weighted by Gasteiger charge is 2.29.